The average molecular weight is 809 g/mol. The van der Waals surface area contributed by atoms with Crippen LogP contribution >= 0.6 is 11.3 Å². The lowest BCUT2D eigenvalue weighted by Crippen LogP contribution is -2.10. The average Bonchev–Trinajstić information content (AvgIpc) is 4.02. The van der Waals surface area contributed by atoms with E-state index in [-0.39, 0.29) is 0 Å². The van der Waals surface area contributed by atoms with Gasteiger partial charge in [0.1, 0.15) is 11.2 Å². The van der Waals surface area contributed by atoms with Crippen molar-refractivity contribution in [2.75, 3.05) is 4.90 Å². The first-order valence-electron chi connectivity index (χ1n) is 21.1. The highest BCUT2D eigenvalue weighted by Gasteiger charge is 2.22. The molecular formula is C58H36N2OS. The summed E-state index contributed by atoms with van der Waals surface area (Å²) >= 11 is 1.88. The molecule has 0 N–H and O–H groups in total. The number of anilines is 3. The molecule has 0 aliphatic heterocycles. The molecule has 0 saturated heterocycles. The minimum Gasteiger partial charge on any atom is -0.455 e. The first kappa shape index (κ1) is 34.9. The molecule has 0 fully saturated rings. The van der Waals surface area contributed by atoms with Crippen LogP contribution in [-0.2, 0) is 0 Å². The van der Waals surface area contributed by atoms with Gasteiger partial charge in [0, 0.05) is 75.5 Å². The molecule has 0 amide bonds. The van der Waals surface area contributed by atoms with Crippen LogP contribution in [-0.4, -0.2) is 4.57 Å². The Labute approximate surface area is 361 Å². The van der Waals surface area contributed by atoms with Gasteiger partial charge in [-0.3, -0.25) is 0 Å². The van der Waals surface area contributed by atoms with Crippen molar-refractivity contribution in [3.63, 3.8) is 0 Å². The molecule has 0 atom stereocenters. The van der Waals surface area contributed by atoms with Gasteiger partial charge in [-0.15, -0.1) is 11.3 Å². The van der Waals surface area contributed by atoms with E-state index in [1.54, 1.807) is 0 Å². The summed E-state index contributed by atoms with van der Waals surface area (Å²) in [6.45, 7) is 0. The summed E-state index contributed by atoms with van der Waals surface area (Å²) in [7, 11) is 0. The third-order valence-corrected chi connectivity index (χ3v) is 13.8. The van der Waals surface area contributed by atoms with Gasteiger partial charge in [-0.1, -0.05) is 152 Å². The summed E-state index contributed by atoms with van der Waals surface area (Å²) in [5.74, 6) is 0. The summed E-state index contributed by atoms with van der Waals surface area (Å²) in [6.07, 6.45) is 0. The van der Waals surface area contributed by atoms with Crippen molar-refractivity contribution < 1.29 is 4.42 Å². The molecule has 0 bridgehead atoms. The smallest absolute Gasteiger partial charge is 0.143 e. The molecule has 0 aliphatic rings. The Kier molecular flexibility index (Phi) is 7.78. The summed E-state index contributed by atoms with van der Waals surface area (Å²) < 4.78 is 11.5. The third kappa shape index (κ3) is 5.37. The second kappa shape index (κ2) is 13.8. The van der Waals surface area contributed by atoms with Crippen molar-refractivity contribution in [3.8, 4) is 27.9 Å². The number of furan rings is 1. The molecule has 0 spiro atoms. The van der Waals surface area contributed by atoms with Gasteiger partial charge in [-0.25, -0.2) is 0 Å². The van der Waals surface area contributed by atoms with E-state index in [1.807, 2.05) is 23.5 Å². The van der Waals surface area contributed by atoms with E-state index in [1.165, 1.54) is 63.9 Å². The van der Waals surface area contributed by atoms with E-state index in [0.29, 0.717) is 0 Å². The number of nitrogens with zero attached hydrogens (tertiary/aromatic N) is 2. The van der Waals surface area contributed by atoms with Crippen LogP contribution in [0.4, 0.5) is 17.1 Å². The quantitative estimate of drug-likeness (QED) is 0.167. The Morgan fingerprint density at radius 2 is 1.02 bits per heavy atom. The number of benzene rings is 10. The van der Waals surface area contributed by atoms with Crippen LogP contribution in [0.3, 0.4) is 0 Å². The molecule has 3 aromatic heterocycles. The van der Waals surface area contributed by atoms with Gasteiger partial charge < -0.3 is 13.9 Å². The first-order chi connectivity index (χ1) is 30.7. The molecule has 0 radical (unpaired) electrons. The van der Waals surface area contributed by atoms with E-state index in [9.17, 15) is 0 Å². The van der Waals surface area contributed by atoms with E-state index >= 15 is 0 Å². The summed E-state index contributed by atoms with van der Waals surface area (Å²) in [4.78, 5) is 2.43. The van der Waals surface area contributed by atoms with Crippen LogP contribution in [0.2, 0.25) is 0 Å². The van der Waals surface area contributed by atoms with Crippen LogP contribution < -0.4 is 4.90 Å². The zero-order valence-electron chi connectivity index (χ0n) is 33.5. The summed E-state index contributed by atoms with van der Waals surface area (Å²) in [5, 5.41) is 9.68. The van der Waals surface area contributed by atoms with Gasteiger partial charge in [0.05, 0.1) is 16.7 Å². The van der Waals surface area contributed by atoms with Crippen LogP contribution in [0, 0.1) is 0 Å². The second-order valence-electron chi connectivity index (χ2n) is 16.0. The van der Waals surface area contributed by atoms with Crippen molar-refractivity contribution in [2.45, 2.75) is 0 Å². The predicted octanol–water partition coefficient (Wildman–Crippen LogP) is 17.0. The maximum atomic E-state index is 6.49. The molecule has 3 nitrogen and oxygen atoms in total. The molecule has 4 heteroatoms. The molecule has 13 aromatic rings. The SMILES string of the molecule is c1ccc(-n2c3ccccc3c3ccccc32)c(-c2cc(N(c3ccc(-c4cccc5c4oc4ccccc45)cc3)c3ccc4ccccc4c3)cc3c2sc2ccccc23)c1. The molecule has 290 valence electrons. The lowest BCUT2D eigenvalue weighted by Gasteiger charge is -2.27. The van der Waals surface area contributed by atoms with Gasteiger partial charge in [0.2, 0.25) is 0 Å². The lowest BCUT2D eigenvalue weighted by atomic mass is 9.98. The fourth-order valence-corrected chi connectivity index (χ4v) is 11.0. The van der Waals surface area contributed by atoms with Crippen LogP contribution in [0.1, 0.15) is 0 Å². The Morgan fingerprint density at radius 3 is 1.84 bits per heavy atom. The Bertz CT molecular complexity index is 3830. The van der Waals surface area contributed by atoms with Crippen molar-refractivity contribution in [3.05, 3.63) is 218 Å². The van der Waals surface area contributed by atoms with Crippen molar-refractivity contribution in [2.24, 2.45) is 0 Å². The fraction of sp³-hybridized carbons (Fsp3) is 0. The monoisotopic (exact) mass is 808 g/mol. The standard InChI is InChI=1S/C58H36N2OS/c1-2-15-39-34-41(33-28-37(39)14-1)59(40-31-29-38(30-32-40)43-21-13-22-49-47-19-6-11-26-55(47)61-57(43)49)42-35-50(58-51(36-42)48-20-7-12-27-56(48)62-58)46-18-5-10-25-54(46)60-52-23-8-3-16-44(52)45-17-4-9-24-53(45)60/h1-36H. The fourth-order valence-electron chi connectivity index (χ4n) is 9.75. The van der Waals surface area contributed by atoms with Gasteiger partial charge in [-0.05, 0) is 83.1 Å². The predicted molar refractivity (Wildman–Crippen MR) is 264 cm³/mol. The number of rotatable bonds is 6. The van der Waals surface area contributed by atoms with E-state index in [2.05, 4.69) is 216 Å². The highest BCUT2D eigenvalue weighted by molar-refractivity contribution is 7.26. The van der Waals surface area contributed by atoms with Crippen LogP contribution in [0.25, 0.3) is 103 Å². The second-order valence-corrected chi connectivity index (χ2v) is 17.1. The lowest BCUT2D eigenvalue weighted by molar-refractivity contribution is 0.670. The molecule has 10 aromatic carbocycles. The maximum Gasteiger partial charge on any atom is 0.143 e. The molecule has 13 rings (SSSR count). The number of hydrogen-bond donors (Lipinski definition) is 0. The number of aromatic nitrogens is 1. The van der Waals surface area contributed by atoms with Crippen LogP contribution in [0.5, 0.6) is 0 Å². The zero-order chi connectivity index (χ0) is 40.7. The number of thiophene rings is 1. The molecular weight excluding hydrogens is 773 g/mol. The summed E-state index contributed by atoms with van der Waals surface area (Å²) in [5.41, 5.74) is 13.2. The Morgan fingerprint density at radius 1 is 0.387 bits per heavy atom. The maximum absolute atomic E-state index is 6.49. The Hall–Kier alpha value is -7.92. The van der Waals surface area contributed by atoms with Gasteiger partial charge in [0.15, 0.2) is 0 Å². The van der Waals surface area contributed by atoms with E-state index in [4.69, 9.17) is 4.42 Å². The first-order valence-corrected chi connectivity index (χ1v) is 21.9. The normalized spacial score (nSPS) is 11.9. The highest BCUT2D eigenvalue weighted by atomic mass is 32.1. The summed E-state index contributed by atoms with van der Waals surface area (Å²) in [6, 6.07) is 79.3. The van der Waals surface area contributed by atoms with Crippen molar-refractivity contribution >= 4 is 103 Å². The van der Waals surface area contributed by atoms with E-state index in [0.717, 1.165) is 55.8 Å². The van der Waals surface area contributed by atoms with Gasteiger partial charge in [0.25, 0.3) is 0 Å². The topological polar surface area (TPSA) is 21.3 Å². The number of fused-ring (bicyclic) bond motifs is 10. The third-order valence-electron chi connectivity index (χ3n) is 12.6. The van der Waals surface area contributed by atoms with Crippen LogP contribution in [0.15, 0.2) is 223 Å². The Balaban J connectivity index is 1.05. The molecule has 0 unspecified atom stereocenters. The molecule has 62 heavy (non-hydrogen) atoms. The number of hydrogen-bond acceptors (Lipinski definition) is 3. The molecule has 3 heterocycles. The minimum absolute atomic E-state index is 0.904. The minimum atomic E-state index is 0.904. The van der Waals surface area contributed by atoms with E-state index < -0.39 is 0 Å². The van der Waals surface area contributed by atoms with Gasteiger partial charge >= 0.3 is 0 Å². The largest absolute Gasteiger partial charge is 0.455 e. The molecule has 0 aliphatic carbocycles. The van der Waals surface area contributed by atoms with Crippen molar-refractivity contribution in [1.29, 1.82) is 0 Å². The van der Waals surface area contributed by atoms with Gasteiger partial charge in [-0.2, -0.15) is 0 Å². The van der Waals surface area contributed by atoms with Crippen molar-refractivity contribution in [1.82, 2.24) is 4.57 Å². The molecule has 0 saturated carbocycles. The zero-order valence-corrected chi connectivity index (χ0v) is 34.3. The highest BCUT2D eigenvalue weighted by Crippen LogP contribution is 2.48. The number of para-hydroxylation sites is 5.